The Labute approximate surface area is 107 Å². The van der Waals surface area contributed by atoms with E-state index in [-0.39, 0.29) is 0 Å². The van der Waals surface area contributed by atoms with Crippen LogP contribution in [0.25, 0.3) is 0 Å². The van der Waals surface area contributed by atoms with Crippen LogP contribution in [0.15, 0.2) is 30.3 Å². The van der Waals surface area contributed by atoms with Gasteiger partial charge in [0.2, 0.25) is 0 Å². The van der Waals surface area contributed by atoms with Gasteiger partial charge in [-0.3, -0.25) is 0 Å². The topological polar surface area (TPSA) is 41.9 Å². The van der Waals surface area contributed by atoms with Crippen LogP contribution < -0.4 is 10.6 Å². The van der Waals surface area contributed by atoms with Crippen LogP contribution in [0.4, 0.5) is 11.5 Å². The zero-order valence-corrected chi connectivity index (χ0v) is 10.8. The molecule has 4 heteroatoms. The molecule has 2 heterocycles. The van der Waals surface area contributed by atoms with Crippen molar-refractivity contribution in [3.63, 3.8) is 0 Å². The first-order valence-electron chi connectivity index (χ1n) is 6.42. The second kappa shape index (κ2) is 4.37. The third-order valence-corrected chi connectivity index (χ3v) is 3.42. The van der Waals surface area contributed by atoms with Crippen LogP contribution in [0.2, 0.25) is 0 Å². The SMILES string of the molecule is CCn1nc(C)c2c1NC(c1ccccc1)CN2. The fraction of sp³-hybridized carbons (Fsp3) is 0.357. The summed E-state index contributed by atoms with van der Waals surface area (Å²) in [6.07, 6.45) is 0. The number of aromatic nitrogens is 2. The molecule has 0 bridgehead atoms. The summed E-state index contributed by atoms with van der Waals surface area (Å²) in [6.45, 7) is 5.93. The molecule has 1 atom stereocenters. The predicted octanol–water partition coefficient (Wildman–Crippen LogP) is 2.79. The van der Waals surface area contributed by atoms with Crippen molar-refractivity contribution in [1.82, 2.24) is 9.78 Å². The zero-order chi connectivity index (χ0) is 12.5. The van der Waals surface area contributed by atoms with Gasteiger partial charge >= 0.3 is 0 Å². The lowest BCUT2D eigenvalue weighted by molar-refractivity contribution is 0.647. The van der Waals surface area contributed by atoms with Gasteiger partial charge in [-0.25, -0.2) is 4.68 Å². The maximum Gasteiger partial charge on any atom is 0.148 e. The molecule has 0 amide bonds. The lowest BCUT2D eigenvalue weighted by Crippen LogP contribution is -2.26. The van der Waals surface area contributed by atoms with E-state index in [2.05, 4.69) is 46.9 Å². The van der Waals surface area contributed by atoms with Crippen molar-refractivity contribution in [1.29, 1.82) is 0 Å². The summed E-state index contributed by atoms with van der Waals surface area (Å²) >= 11 is 0. The van der Waals surface area contributed by atoms with Gasteiger partial charge in [0.1, 0.15) is 11.5 Å². The largest absolute Gasteiger partial charge is 0.378 e. The minimum absolute atomic E-state index is 0.306. The zero-order valence-electron chi connectivity index (χ0n) is 10.8. The summed E-state index contributed by atoms with van der Waals surface area (Å²) < 4.78 is 2.02. The van der Waals surface area contributed by atoms with E-state index in [4.69, 9.17) is 0 Å². The molecule has 94 valence electrons. The van der Waals surface area contributed by atoms with Gasteiger partial charge in [-0.2, -0.15) is 5.10 Å². The lowest BCUT2D eigenvalue weighted by Gasteiger charge is -2.27. The molecule has 2 N–H and O–H groups in total. The van der Waals surface area contributed by atoms with Crippen molar-refractivity contribution in [2.75, 3.05) is 17.2 Å². The molecule has 18 heavy (non-hydrogen) atoms. The average Bonchev–Trinajstić information content (AvgIpc) is 2.76. The smallest absolute Gasteiger partial charge is 0.148 e. The van der Waals surface area contributed by atoms with Crippen LogP contribution in [0.3, 0.4) is 0 Å². The predicted molar refractivity (Wildman–Crippen MR) is 73.9 cm³/mol. The maximum absolute atomic E-state index is 4.53. The van der Waals surface area contributed by atoms with Gasteiger partial charge in [0, 0.05) is 13.1 Å². The summed E-state index contributed by atoms with van der Waals surface area (Å²) in [5.41, 5.74) is 3.51. The molecule has 1 aromatic heterocycles. The van der Waals surface area contributed by atoms with Gasteiger partial charge in [-0.1, -0.05) is 30.3 Å². The van der Waals surface area contributed by atoms with Crippen LogP contribution in [-0.2, 0) is 6.54 Å². The molecule has 1 aromatic carbocycles. The molecule has 0 aliphatic carbocycles. The number of aryl methyl sites for hydroxylation is 2. The van der Waals surface area contributed by atoms with Crippen LogP contribution in [0, 0.1) is 6.92 Å². The first kappa shape index (κ1) is 11.1. The summed E-state index contributed by atoms with van der Waals surface area (Å²) in [5, 5.41) is 11.6. The van der Waals surface area contributed by atoms with Gasteiger partial charge in [-0.15, -0.1) is 0 Å². The molecular weight excluding hydrogens is 224 g/mol. The Hall–Kier alpha value is -1.97. The van der Waals surface area contributed by atoms with Crippen LogP contribution in [0.5, 0.6) is 0 Å². The molecular formula is C14H18N4. The minimum Gasteiger partial charge on any atom is -0.378 e. The van der Waals surface area contributed by atoms with E-state index >= 15 is 0 Å². The number of benzene rings is 1. The first-order chi connectivity index (χ1) is 8.79. The molecule has 1 aliphatic heterocycles. The van der Waals surface area contributed by atoms with E-state index in [9.17, 15) is 0 Å². The molecule has 0 saturated carbocycles. The Morgan fingerprint density at radius 1 is 1.33 bits per heavy atom. The Bertz CT molecular complexity index is 544. The second-order valence-electron chi connectivity index (χ2n) is 4.61. The van der Waals surface area contributed by atoms with Gasteiger partial charge in [0.15, 0.2) is 0 Å². The van der Waals surface area contributed by atoms with Crippen molar-refractivity contribution in [2.45, 2.75) is 26.4 Å². The third kappa shape index (κ3) is 1.74. The molecule has 2 aromatic rings. The van der Waals surface area contributed by atoms with E-state index in [0.29, 0.717) is 6.04 Å². The normalized spacial score (nSPS) is 17.8. The van der Waals surface area contributed by atoms with Crippen molar-refractivity contribution >= 4 is 11.5 Å². The quantitative estimate of drug-likeness (QED) is 0.851. The number of rotatable bonds is 2. The van der Waals surface area contributed by atoms with Gasteiger partial charge in [-0.05, 0) is 19.4 Å². The van der Waals surface area contributed by atoms with Crippen LogP contribution in [-0.4, -0.2) is 16.3 Å². The summed E-state index contributed by atoms with van der Waals surface area (Å²) in [7, 11) is 0. The van der Waals surface area contributed by atoms with Crippen LogP contribution >= 0.6 is 0 Å². The Kier molecular flexibility index (Phi) is 2.70. The van der Waals surface area contributed by atoms with Crippen molar-refractivity contribution in [2.24, 2.45) is 0 Å². The molecule has 0 fully saturated rings. The Morgan fingerprint density at radius 2 is 2.11 bits per heavy atom. The van der Waals surface area contributed by atoms with E-state index < -0.39 is 0 Å². The summed E-state index contributed by atoms with van der Waals surface area (Å²) in [4.78, 5) is 0. The highest BCUT2D eigenvalue weighted by atomic mass is 15.4. The first-order valence-corrected chi connectivity index (χ1v) is 6.42. The molecule has 1 aliphatic rings. The molecule has 0 saturated heterocycles. The van der Waals surface area contributed by atoms with Crippen molar-refractivity contribution < 1.29 is 0 Å². The number of fused-ring (bicyclic) bond motifs is 1. The third-order valence-electron chi connectivity index (χ3n) is 3.42. The standard InChI is InChI=1S/C14H18N4/c1-3-18-14-13(10(2)17-18)15-9-12(16-14)11-7-5-4-6-8-11/h4-8,12,15-16H,3,9H2,1-2H3. The number of hydrogen-bond acceptors (Lipinski definition) is 3. The summed E-state index contributed by atoms with van der Waals surface area (Å²) in [6, 6.07) is 10.8. The lowest BCUT2D eigenvalue weighted by atomic mass is 10.1. The van der Waals surface area contributed by atoms with Gasteiger partial charge in [0.05, 0.1) is 11.7 Å². The molecule has 3 rings (SSSR count). The second-order valence-corrected chi connectivity index (χ2v) is 4.61. The average molecular weight is 242 g/mol. The monoisotopic (exact) mass is 242 g/mol. The molecule has 1 unspecified atom stereocenters. The molecule has 4 nitrogen and oxygen atoms in total. The fourth-order valence-corrected chi connectivity index (χ4v) is 2.48. The van der Waals surface area contributed by atoms with Gasteiger partial charge < -0.3 is 10.6 Å². The highest BCUT2D eigenvalue weighted by molar-refractivity contribution is 5.71. The number of nitrogens with zero attached hydrogens (tertiary/aromatic N) is 2. The highest BCUT2D eigenvalue weighted by Crippen LogP contribution is 2.33. The number of hydrogen-bond donors (Lipinski definition) is 2. The molecule has 0 spiro atoms. The minimum atomic E-state index is 0.306. The highest BCUT2D eigenvalue weighted by Gasteiger charge is 2.24. The van der Waals surface area contributed by atoms with Crippen LogP contribution in [0.1, 0.15) is 24.2 Å². The van der Waals surface area contributed by atoms with E-state index in [1.165, 1.54) is 5.56 Å². The Balaban J connectivity index is 1.93. The Morgan fingerprint density at radius 3 is 2.83 bits per heavy atom. The van der Waals surface area contributed by atoms with Gasteiger partial charge in [0.25, 0.3) is 0 Å². The summed E-state index contributed by atoms with van der Waals surface area (Å²) in [5.74, 6) is 1.11. The van der Waals surface area contributed by atoms with E-state index in [1.54, 1.807) is 0 Å². The van der Waals surface area contributed by atoms with E-state index in [0.717, 1.165) is 30.3 Å². The number of nitrogens with one attached hydrogen (secondary N) is 2. The number of anilines is 2. The van der Waals surface area contributed by atoms with E-state index in [1.807, 2.05) is 17.7 Å². The molecule has 0 radical (unpaired) electrons. The van der Waals surface area contributed by atoms with Crippen molar-refractivity contribution in [3.8, 4) is 0 Å². The maximum atomic E-state index is 4.53. The fourth-order valence-electron chi connectivity index (χ4n) is 2.48. The van der Waals surface area contributed by atoms with Crippen molar-refractivity contribution in [3.05, 3.63) is 41.6 Å².